The van der Waals surface area contributed by atoms with Crippen LogP contribution in [0.15, 0.2) is 70.4 Å². The summed E-state index contributed by atoms with van der Waals surface area (Å²) in [6, 6.07) is 17.8. The van der Waals surface area contributed by atoms with E-state index < -0.39 is 10.0 Å². The van der Waals surface area contributed by atoms with Crippen LogP contribution in [0.2, 0.25) is 0 Å². The van der Waals surface area contributed by atoms with Crippen LogP contribution in [0.1, 0.15) is 27.8 Å². The Morgan fingerprint density at radius 2 is 1.57 bits per heavy atom. The van der Waals surface area contributed by atoms with E-state index in [1.807, 2.05) is 39.0 Å². The Morgan fingerprint density at radius 3 is 2.34 bits per heavy atom. The maximum absolute atomic E-state index is 13.7. The van der Waals surface area contributed by atoms with Crippen LogP contribution in [-0.4, -0.2) is 24.5 Å². The molecule has 1 aliphatic heterocycles. The number of pyridine rings is 1. The fourth-order valence-electron chi connectivity index (χ4n) is 4.16. The van der Waals surface area contributed by atoms with E-state index in [9.17, 15) is 13.2 Å². The molecule has 0 saturated heterocycles. The average Bonchev–Trinajstić information content (AvgIpc) is 3.28. The summed E-state index contributed by atoms with van der Waals surface area (Å²) in [6.45, 7) is 6.02. The summed E-state index contributed by atoms with van der Waals surface area (Å²) >= 11 is 0. The number of hydrogen-bond acceptors (Lipinski definition) is 5. The summed E-state index contributed by atoms with van der Waals surface area (Å²) in [7, 11) is -3.90. The first-order valence-corrected chi connectivity index (χ1v) is 12.7. The Morgan fingerprint density at radius 1 is 0.857 bits per heavy atom. The number of aromatic nitrogens is 1. The zero-order valence-corrected chi connectivity index (χ0v) is 20.6. The molecule has 8 heteroatoms. The van der Waals surface area contributed by atoms with Crippen LogP contribution in [0.25, 0.3) is 10.9 Å². The summed E-state index contributed by atoms with van der Waals surface area (Å²) < 4.78 is 39.6. The molecule has 5 rings (SSSR count). The predicted octanol–water partition coefficient (Wildman–Crippen LogP) is 4.57. The van der Waals surface area contributed by atoms with E-state index in [0.29, 0.717) is 17.1 Å². The molecule has 0 atom stereocenters. The van der Waals surface area contributed by atoms with Gasteiger partial charge in [0.05, 0.1) is 4.90 Å². The number of H-pyrrole nitrogens is 1. The van der Waals surface area contributed by atoms with Crippen molar-refractivity contribution in [2.24, 2.45) is 0 Å². The van der Waals surface area contributed by atoms with Gasteiger partial charge in [0.15, 0.2) is 11.5 Å². The van der Waals surface area contributed by atoms with Crippen molar-refractivity contribution in [1.82, 2.24) is 9.29 Å². The first-order valence-electron chi connectivity index (χ1n) is 11.3. The zero-order chi connectivity index (χ0) is 24.7. The number of hydrogen-bond donors (Lipinski definition) is 1. The number of benzene rings is 3. The third-order valence-electron chi connectivity index (χ3n) is 6.34. The van der Waals surface area contributed by atoms with Crippen LogP contribution < -0.4 is 15.0 Å². The van der Waals surface area contributed by atoms with Gasteiger partial charge in [0, 0.05) is 24.2 Å². The summed E-state index contributed by atoms with van der Waals surface area (Å²) in [5.41, 5.74) is 4.65. The molecule has 0 unspecified atom stereocenters. The molecular weight excluding hydrogens is 464 g/mol. The Hall–Kier alpha value is -3.62. The second-order valence-electron chi connectivity index (χ2n) is 8.92. The molecule has 4 aromatic rings. The van der Waals surface area contributed by atoms with Crippen LogP contribution in [0, 0.1) is 20.8 Å². The summed E-state index contributed by atoms with van der Waals surface area (Å²) in [6.07, 6.45) is 0. The number of nitrogens with zero attached hydrogens (tertiary/aromatic N) is 1. The molecule has 3 aromatic carbocycles. The smallest absolute Gasteiger partial charge is 0.252 e. The summed E-state index contributed by atoms with van der Waals surface area (Å²) in [5.74, 6) is 1.20. The highest BCUT2D eigenvalue weighted by atomic mass is 32.2. The Kier molecular flexibility index (Phi) is 5.86. The zero-order valence-electron chi connectivity index (χ0n) is 19.8. The van der Waals surface area contributed by atoms with E-state index in [0.717, 1.165) is 33.2 Å². The normalized spacial score (nSPS) is 13.0. The van der Waals surface area contributed by atoms with E-state index in [4.69, 9.17) is 9.47 Å². The van der Waals surface area contributed by atoms with Gasteiger partial charge in [-0.05, 0) is 85.3 Å². The van der Waals surface area contributed by atoms with Crippen molar-refractivity contribution in [3.05, 3.63) is 98.8 Å². The van der Waals surface area contributed by atoms with Crippen LogP contribution in [0.5, 0.6) is 11.5 Å². The van der Waals surface area contributed by atoms with Crippen molar-refractivity contribution in [1.29, 1.82) is 0 Å². The van der Waals surface area contributed by atoms with Crippen molar-refractivity contribution in [2.45, 2.75) is 38.8 Å². The minimum Gasteiger partial charge on any atom is -0.454 e. The molecule has 1 aliphatic rings. The maximum atomic E-state index is 13.7. The largest absolute Gasteiger partial charge is 0.454 e. The van der Waals surface area contributed by atoms with Crippen LogP contribution in [0.4, 0.5) is 0 Å². The van der Waals surface area contributed by atoms with Gasteiger partial charge in [-0.2, -0.15) is 4.31 Å². The highest BCUT2D eigenvalue weighted by molar-refractivity contribution is 7.89. The van der Waals surface area contributed by atoms with Gasteiger partial charge < -0.3 is 14.5 Å². The van der Waals surface area contributed by atoms with Crippen LogP contribution >= 0.6 is 0 Å². The highest BCUT2D eigenvalue weighted by Crippen LogP contribution is 2.33. The van der Waals surface area contributed by atoms with E-state index in [1.54, 1.807) is 42.5 Å². The first-order chi connectivity index (χ1) is 16.7. The van der Waals surface area contributed by atoms with Crippen LogP contribution in [0.3, 0.4) is 0 Å². The molecule has 0 saturated carbocycles. The lowest BCUT2D eigenvalue weighted by atomic mass is 10.0. The van der Waals surface area contributed by atoms with Crippen molar-refractivity contribution < 1.29 is 17.9 Å². The second-order valence-corrected chi connectivity index (χ2v) is 10.9. The number of rotatable bonds is 6. The standard InChI is InChI=1S/C27H26N2O5S/c1-17-4-7-23(8-5-17)35(31,32)29(14-20-6-9-25-26(12-20)34-16-33-25)15-22-13-21-10-18(2)19(3)11-24(21)28-27(22)30/h4-13H,14-16H2,1-3H3,(H,28,30). The lowest BCUT2D eigenvalue weighted by Crippen LogP contribution is -2.32. The van der Waals surface area contributed by atoms with E-state index in [-0.39, 0.29) is 30.3 Å². The minimum absolute atomic E-state index is 0.0667. The second kappa shape index (κ2) is 8.87. The number of aromatic amines is 1. The fraction of sp³-hybridized carbons (Fsp3) is 0.222. The van der Waals surface area contributed by atoms with Gasteiger partial charge >= 0.3 is 0 Å². The summed E-state index contributed by atoms with van der Waals surface area (Å²) in [4.78, 5) is 16.1. The molecule has 7 nitrogen and oxygen atoms in total. The van der Waals surface area contributed by atoms with Crippen molar-refractivity contribution in [2.75, 3.05) is 6.79 Å². The highest BCUT2D eigenvalue weighted by Gasteiger charge is 2.27. The molecule has 0 radical (unpaired) electrons. The van der Waals surface area contributed by atoms with E-state index >= 15 is 0 Å². The van der Waals surface area contributed by atoms with Gasteiger partial charge in [-0.1, -0.05) is 23.8 Å². The fourth-order valence-corrected chi connectivity index (χ4v) is 5.56. The monoisotopic (exact) mass is 490 g/mol. The molecule has 1 aromatic heterocycles. The molecule has 0 aliphatic carbocycles. The maximum Gasteiger partial charge on any atom is 0.252 e. The topological polar surface area (TPSA) is 88.7 Å². The van der Waals surface area contributed by atoms with Crippen molar-refractivity contribution in [3.8, 4) is 11.5 Å². The molecular formula is C27H26N2O5S. The number of sulfonamides is 1. The number of ether oxygens (including phenoxy) is 2. The Labute approximate surface area is 204 Å². The van der Waals surface area contributed by atoms with Gasteiger partial charge in [-0.15, -0.1) is 0 Å². The van der Waals surface area contributed by atoms with Gasteiger partial charge in [0.2, 0.25) is 16.8 Å². The van der Waals surface area contributed by atoms with E-state index in [2.05, 4.69) is 4.98 Å². The molecule has 0 spiro atoms. The number of aryl methyl sites for hydroxylation is 3. The third kappa shape index (κ3) is 4.54. The quantitative estimate of drug-likeness (QED) is 0.428. The molecule has 0 fully saturated rings. The molecule has 180 valence electrons. The molecule has 0 amide bonds. The molecule has 35 heavy (non-hydrogen) atoms. The Balaban J connectivity index is 1.57. The summed E-state index contributed by atoms with van der Waals surface area (Å²) in [5, 5.41) is 0.860. The van der Waals surface area contributed by atoms with Crippen LogP contribution in [-0.2, 0) is 23.1 Å². The lowest BCUT2D eigenvalue weighted by molar-refractivity contribution is 0.174. The van der Waals surface area contributed by atoms with Gasteiger partial charge in [-0.25, -0.2) is 8.42 Å². The minimum atomic E-state index is -3.90. The molecule has 0 bridgehead atoms. The lowest BCUT2D eigenvalue weighted by Gasteiger charge is -2.23. The van der Waals surface area contributed by atoms with Crippen molar-refractivity contribution in [3.63, 3.8) is 0 Å². The van der Waals surface area contributed by atoms with Gasteiger partial charge in [0.25, 0.3) is 5.56 Å². The van der Waals surface area contributed by atoms with Gasteiger partial charge in [0.1, 0.15) is 0 Å². The van der Waals surface area contributed by atoms with Crippen molar-refractivity contribution >= 4 is 20.9 Å². The Bertz CT molecular complexity index is 1590. The number of fused-ring (bicyclic) bond motifs is 2. The molecule has 2 heterocycles. The predicted molar refractivity (Wildman–Crippen MR) is 134 cm³/mol. The SMILES string of the molecule is Cc1ccc(S(=O)(=O)N(Cc2ccc3c(c2)OCO3)Cc2cc3cc(C)c(C)cc3[nH]c2=O)cc1. The average molecular weight is 491 g/mol. The number of nitrogens with one attached hydrogen (secondary N) is 1. The van der Waals surface area contributed by atoms with Gasteiger partial charge in [-0.3, -0.25) is 4.79 Å². The first kappa shape index (κ1) is 23.1. The molecule has 1 N–H and O–H groups in total. The van der Waals surface area contributed by atoms with E-state index in [1.165, 1.54) is 4.31 Å². The third-order valence-corrected chi connectivity index (χ3v) is 8.14.